The molecular formula is C10H17Cl2N3. The van der Waals surface area contributed by atoms with E-state index < -0.39 is 0 Å². The molecule has 1 heterocycles. The van der Waals surface area contributed by atoms with Crippen LogP contribution in [0.1, 0.15) is 30.9 Å². The highest BCUT2D eigenvalue weighted by Crippen LogP contribution is 2.23. The van der Waals surface area contributed by atoms with E-state index in [4.69, 9.17) is 23.1 Å². The summed E-state index contributed by atoms with van der Waals surface area (Å²) >= 11 is 5.96. The minimum Gasteiger partial charge on any atom is -0.330 e. The Morgan fingerprint density at radius 1 is 1.40 bits per heavy atom. The van der Waals surface area contributed by atoms with Gasteiger partial charge in [-0.2, -0.15) is 0 Å². The molecule has 0 saturated heterocycles. The van der Waals surface area contributed by atoms with Crippen LogP contribution in [0.15, 0.2) is 18.5 Å². The van der Waals surface area contributed by atoms with Crippen LogP contribution in [-0.4, -0.2) is 11.5 Å². The lowest BCUT2D eigenvalue weighted by Gasteiger charge is -2.12. The highest BCUT2D eigenvalue weighted by molar-refractivity contribution is 6.31. The second kappa shape index (κ2) is 7.88. The number of pyridine rings is 1. The Balaban J connectivity index is 0.00000196. The van der Waals surface area contributed by atoms with Crippen LogP contribution >= 0.6 is 24.0 Å². The standard InChI is InChI=1S/C10H16ClN3.ClH/c11-9-7-14-6-4-8(9)10(13)3-1-2-5-12;/h4,6-7,10H,1-3,5,12-13H2;1H/t10-;/m0./s1. The Hall–Kier alpha value is -0.350. The average Bonchev–Trinajstić information content (AvgIpc) is 2.18. The Morgan fingerprint density at radius 3 is 2.73 bits per heavy atom. The van der Waals surface area contributed by atoms with Crippen molar-refractivity contribution in [2.45, 2.75) is 25.3 Å². The summed E-state index contributed by atoms with van der Waals surface area (Å²) in [5.74, 6) is 0. The maximum atomic E-state index is 5.98. The van der Waals surface area contributed by atoms with E-state index in [-0.39, 0.29) is 18.4 Å². The molecule has 86 valence electrons. The zero-order valence-electron chi connectivity index (χ0n) is 8.53. The van der Waals surface area contributed by atoms with Crippen molar-refractivity contribution in [2.75, 3.05) is 6.54 Å². The molecule has 0 aliphatic rings. The van der Waals surface area contributed by atoms with Crippen molar-refractivity contribution in [3.8, 4) is 0 Å². The highest BCUT2D eigenvalue weighted by atomic mass is 35.5. The average molecular weight is 250 g/mol. The van der Waals surface area contributed by atoms with E-state index in [1.165, 1.54) is 0 Å². The van der Waals surface area contributed by atoms with E-state index in [1.807, 2.05) is 6.07 Å². The largest absolute Gasteiger partial charge is 0.330 e. The number of unbranched alkanes of at least 4 members (excludes halogenated alkanes) is 1. The van der Waals surface area contributed by atoms with Gasteiger partial charge in [-0.3, -0.25) is 4.98 Å². The molecule has 1 rings (SSSR count). The fraction of sp³-hybridized carbons (Fsp3) is 0.500. The van der Waals surface area contributed by atoms with E-state index in [1.54, 1.807) is 12.4 Å². The fourth-order valence-corrected chi connectivity index (χ4v) is 1.61. The summed E-state index contributed by atoms with van der Waals surface area (Å²) in [7, 11) is 0. The van der Waals surface area contributed by atoms with Gasteiger partial charge < -0.3 is 11.5 Å². The number of nitrogens with two attached hydrogens (primary N) is 2. The van der Waals surface area contributed by atoms with Crippen molar-refractivity contribution in [1.82, 2.24) is 4.98 Å². The first-order valence-corrected chi connectivity index (χ1v) is 5.18. The molecule has 15 heavy (non-hydrogen) atoms. The van der Waals surface area contributed by atoms with Crippen molar-refractivity contribution in [3.05, 3.63) is 29.0 Å². The molecule has 0 spiro atoms. The number of aromatic nitrogens is 1. The molecule has 1 atom stereocenters. The third-order valence-electron chi connectivity index (χ3n) is 2.17. The van der Waals surface area contributed by atoms with Crippen LogP contribution in [0.2, 0.25) is 5.02 Å². The highest BCUT2D eigenvalue weighted by Gasteiger charge is 2.08. The maximum absolute atomic E-state index is 5.98. The quantitative estimate of drug-likeness (QED) is 0.788. The van der Waals surface area contributed by atoms with E-state index >= 15 is 0 Å². The molecule has 1 aromatic rings. The summed E-state index contributed by atoms with van der Waals surface area (Å²) in [5, 5.41) is 0.646. The molecule has 4 N–H and O–H groups in total. The van der Waals surface area contributed by atoms with Gasteiger partial charge in [-0.05, 0) is 31.0 Å². The lowest BCUT2D eigenvalue weighted by molar-refractivity contribution is 0.590. The van der Waals surface area contributed by atoms with Crippen LogP contribution < -0.4 is 11.5 Å². The molecule has 0 unspecified atom stereocenters. The molecule has 0 amide bonds. The van der Waals surface area contributed by atoms with Gasteiger partial charge in [-0.15, -0.1) is 12.4 Å². The first kappa shape index (κ1) is 14.6. The predicted octanol–water partition coefficient (Wildman–Crippen LogP) is 2.29. The van der Waals surface area contributed by atoms with Gasteiger partial charge in [-0.25, -0.2) is 0 Å². The Labute approximate surface area is 102 Å². The van der Waals surface area contributed by atoms with Crippen molar-refractivity contribution in [1.29, 1.82) is 0 Å². The summed E-state index contributed by atoms with van der Waals surface area (Å²) in [6, 6.07) is 1.87. The van der Waals surface area contributed by atoms with Gasteiger partial charge in [0.2, 0.25) is 0 Å². The zero-order chi connectivity index (χ0) is 10.4. The molecule has 5 heteroatoms. The van der Waals surface area contributed by atoms with Crippen molar-refractivity contribution >= 4 is 24.0 Å². The summed E-state index contributed by atoms with van der Waals surface area (Å²) < 4.78 is 0. The smallest absolute Gasteiger partial charge is 0.0637 e. The summed E-state index contributed by atoms with van der Waals surface area (Å²) in [6.45, 7) is 0.719. The van der Waals surface area contributed by atoms with Crippen LogP contribution in [0.4, 0.5) is 0 Å². The second-order valence-corrected chi connectivity index (χ2v) is 3.70. The molecule has 0 saturated carbocycles. The number of rotatable bonds is 5. The van der Waals surface area contributed by atoms with Crippen molar-refractivity contribution in [3.63, 3.8) is 0 Å². The molecule has 0 bridgehead atoms. The number of hydrogen-bond donors (Lipinski definition) is 2. The minimum absolute atomic E-state index is 0. The SMILES string of the molecule is Cl.NCCCC[C@H](N)c1ccncc1Cl. The second-order valence-electron chi connectivity index (χ2n) is 3.29. The summed E-state index contributed by atoms with van der Waals surface area (Å²) in [6.07, 6.45) is 6.30. The van der Waals surface area contributed by atoms with E-state index in [2.05, 4.69) is 4.98 Å². The molecular weight excluding hydrogens is 233 g/mol. The van der Waals surface area contributed by atoms with Gasteiger partial charge in [0.25, 0.3) is 0 Å². The van der Waals surface area contributed by atoms with Crippen molar-refractivity contribution in [2.24, 2.45) is 11.5 Å². The van der Waals surface area contributed by atoms with Crippen LogP contribution in [0.25, 0.3) is 0 Å². The van der Waals surface area contributed by atoms with Gasteiger partial charge in [0.1, 0.15) is 0 Å². The third kappa shape index (κ3) is 4.80. The Bertz CT molecular complexity index is 281. The van der Waals surface area contributed by atoms with E-state index in [9.17, 15) is 0 Å². The molecule has 1 aromatic heterocycles. The van der Waals surface area contributed by atoms with Gasteiger partial charge >= 0.3 is 0 Å². The van der Waals surface area contributed by atoms with Crippen LogP contribution in [0.5, 0.6) is 0 Å². The predicted molar refractivity (Wildman–Crippen MR) is 66.3 cm³/mol. The van der Waals surface area contributed by atoms with Gasteiger partial charge in [0.15, 0.2) is 0 Å². The van der Waals surface area contributed by atoms with Gasteiger partial charge in [0, 0.05) is 18.4 Å². The molecule has 0 radical (unpaired) electrons. The number of halogens is 2. The normalized spacial score (nSPS) is 11.9. The first-order chi connectivity index (χ1) is 6.75. The Morgan fingerprint density at radius 2 is 2.13 bits per heavy atom. The third-order valence-corrected chi connectivity index (χ3v) is 2.49. The monoisotopic (exact) mass is 249 g/mol. The van der Waals surface area contributed by atoms with Crippen LogP contribution in [0, 0.1) is 0 Å². The summed E-state index contributed by atoms with van der Waals surface area (Å²) in [4.78, 5) is 3.92. The molecule has 0 aliphatic heterocycles. The van der Waals surface area contributed by atoms with E-state index in [0.29, 0.717) is 5.02 Å². The molecule has 0 aromatic carbocycles. The lowest BCUT2D eigenvalue weighted by Crippen LogP contribution is -2.11. The minimum atomic E-state index is -0.00273. The van der Waals surface area contributed by atoms with Gasteiger partial charge in [-0.1, -0.05) is 18.0 Å². The first-order valence-electron chi connectivity index (χ1n) is 4.80. The fourth-order valence-electron chi connectivity index (χ4n) is 1.35. The van der Waals surface area contributed by atoms with Crippen LogP contribution in [-0.2, 0) is 0 Å². The number of hydrogen-bond acceptors (Lipinski definition) is 3. The molecule has 0 fully saturated rings. The van der Waals surface area contributed by atoms with Crippen molar-refractivity contribution < 1.29 is 0 Å². The topological polar surface area (TPSA) is 64.9 Å². The Kier molecular flexibility index (Phi) is 7.70. The molecule has 0 aliphatic carbocycles. The van der Waals surface area contributed by atoms with E-state index in [0.717, 1.165) is 31.4 Å². The van der Waals surface area contributed by atoms with Gasteiger partial charge in [0.05, 0.1) is 5.02 Å². The maximum Gasteiger partial charge on any atom is 0.0637 e. The lowest BCUT2D eigenvalue weighted by atomic mass is 10.0. The number of nitrogens with zero attached hydrogens (tertiary/aromatic N) is 1. The van der Waals surface area contributed by atoms with Crippen LogP contribution in [0.3, 0.4) is 0 Å². The molecule has 3 nitrogen and oxygen atoms in total. The summed E-state index contributed by atoms with van der Waals surface area (Å²) in [5.41, 5.74) is 12.4. The zero-order valence-corrected chi connectivity index (χ0v) is 10.1.